The van der Waals surface area contributed by atoms with E-state index in [4.69, 9.17) is 10.3 Å². The number of hydrogen-bond donors (Lipinski definition) is 2. The fourth-order valence-electron chi connectivity index (χ4n) is 2.01. The minimum absolute atomic E-state index is 0.155. The molecule has 6 nitrogen and oxygen atoms in total. The van der Waals surface area contributed by atoms with E-state index in [0.29, 0.717) is 17.8 Å². The summed E-state index contributed by atoms with van der Waals surface area (Å²) in [6.07, 6.45) is 0. The van der Waals surface area contributed by atoms with E-state index in [-0.39, 0.29) is 5.91 Å². The summed E-state index contributed by atoms with van der Waals surface area (Å²) in [5, 5.41) is 6.52. The van der Waals surface area contributed by atoms with E-state index < -0.39 is 0 Å². The normalized spacial score (nSPS) is 10.3. The van der Waals surface area contributed by atoms with Crippen LogP contribution in [-0.2, 0) is 6.54 Å². The van der Waals surface area contributed by atoms with Gasteiger partial charge in [-0.25, -0.2) is 0 Å². The van der Waals surface area contributed by atoms with E-state index in [1.165, 1.54) is 0 Å². The summed E-state index contributed by atoms with van der Waals surface area (Å²) >= 11 is 0. The third-order valence-corrected chi connectivity index (χ3v) is 3.00. The number of anilines is 2. The third kappa shape index (κ3) is 2.90. The number of aromatic nitrogens is 1. The zero-order valence-corrected chi connectivity index (χ0v) is 11.8. The number of nitrogens with one attached hydrogen (secondary N) is 1. The molecule has 2 aromatic rings. The van der Waals surface area contributed by atoms with E-state index in [2.05, 4.69) is 10.5 Å². The molecule has 20 heavy (non-hydrogen) atoms. The molecule has 1 aromatic carbocycles. The molecule has 0 aliphatic carbocycles. The van der Waals surface area contributed by atoms with Crippen molar-refractivity contribution in [1.29, 1.82) is 0 Å². The molecule has 0 saturated carbocycles. The highest BCUT2D eigenvalue weighted by Gasteiger charge is 2.11. The van der Waals surface area contributed by atoms with E-state index in [1.807, 2.05) is 31.0 Å². The number of aryl methyl sites for hydroxylation is 1. The molecule has 0 atom stereocenters. The molecule has 0 bridgehead atoms. The minimum Gasteiger partial charge on any atom is -0.397 e. The van der Waals surface area contributed by atoms with Crippen LogP contribution in [0.1, 0.15) is 21.8 Å². The maximum absolute atomic E-state index is 11.5. The quantitative estimate of drug-likeness (QED) is 0.827. The van der Waals surface area contributed by atoms with E-state index in [0.717, 1.165) is 17.1 Å². The van der Waals surface area contributed by atoms with Gasteiger partial charge < -0.3 is 20.5 Å². The molecule has 0 fully saturated rings. The smallest absolute Gasteiger partial charge is 0.251 e. The maximum Gasteiger partial charge on any atom is 0.251 e. The molecule has 106 valence electrons. The van der Waals surface area contributed by atoms with Crippen molar-refractivity contribution < 1.29 is 9.32 Å². The van der Waals surface area contributed by atoms with Gasteiger partial charge in [-0.2, -0.15) is 0 Å². The number of hydrogen-bond acceptors (Lipinski definition) is 5. The van der Waals surface area contributed by atoms with E-state index in [9.17, 15) is 4.79 Å². The largest absolute Gasteiger partial charge is 0.397 e. The van der Waals surface area contributed by atoms with Crippen molar-refractivity contribution in [2.45, 2.75) is 13.5 Å². The van der Waals surface area contributed by atoms with Crippen molar-refractivity contribution >= 4 is 17.3 Å². The van der Waals surface area contributed by atoms with Crippen LogP contribution in [0.3, 0.4) is 0 Å². The first-order chi connectivity index (χ1) is 9.51. The van der Waals surface area contributed by atoms with Crippen molar-refractivity contribution in [3.8, 4) is 0 Å². The van der Waals surface area contributed by atoms with Gasteiger partial charge in [0.05, 0.1) is 17.9 Å². The Kier molecular flexibility index (Phi) is 3.93. The Morgan fingerprint density at radius 1 is 1.45 bits per heavy atom. The van der Waals surface area contributed by atoms with Crippen LogP contribution in [0, 0.1) is 6.92 Å². The third-order valence-electron chi connectivity index (χ3n) is 3.00. The molecule has 1 aromatic heterocycles. The lowest BCUT2D eigenvalue weighted by molar-refractivity contribution is 0.0963. The van der Waals surface area contributed by atoms with Gasteiger partial charge in [0.2, 0.25) is 0 Å². The minimum atomic E-state index is -0.155. The number of nitrogen functional groups attached to an aromatic ring is 1. The second-order valence-corrected chi connectivity index (χ2v) is 4.64. The summed E-state index contributed by atoms with van der Waals surface area (Å²) in [6, 6.07) is 7.12. The highest BCUT2D eigenvalue weighted by molar-refractivity contribution is 5.95. The van der Waals surface area contributed by atoms with Crippen LogP contribution in [0.25, 0.3) is 0 Å². The number of rotatable bonds is 4. The van der Waals surface area contributed by atoms with Gasteiger partial charge in [-0.3, -0.25) is 4.79 Å². The van der Waals surface area contributed by atoms with Gasteiger partial charge in [0.25, 0.3) is 5.91 Å². The summed E-state index contributed by atoms with van der Waals surface area (Å²) in [7, 11) is 3.50. The second-order valence-electron chi connectivity index (χ2n) is 4.64. The van der Waals surface area contributed by atoms with Crippen molar-refractivity contribution in [3.63, 3.8) is 0 Å². The summed E-state index contributed by atoms with van der Waals surface area (Å²) in [5.41, 5.74) is 8.78. The lowest BCUT2D eigenvalue weighted by atomic mass is 10.1. The Morgan fingerprint density at radius 2 is 2.20 bits per heavy atom. The van der Waals surface area contributed by atoms with Crippen LogP contribution in [0.4, 0.5) is 11.4 Å². The van der Waals surface area contributed by atoms with Gasteiger partial charge in [0.1, 0.15) is 11.5 Å². The number of amides is 1. The van der Waals surface area contributed by atoms with Gasteiger partial charge >= 0.3 is 0 Å². The molecule has 1 amide bonds. The van der Waals surface area contributed by atoms with Gasteiger partial charge in [0.15, 0.2) is 0 Å². The standard InChI is InChI=1S/C14H18N4O2/c1-9-6-11(17-20-9)8-18(3)13-5-4-10(7-12(13)15)14(19)16-2/h4-7H,8,15H2,1-3H3,(H,16,19). The SMILES string of the molecule is CNC(=O)c1ccc(N(C)Cc2cc(C)on2)c(N)c1. The van der Waals surface area contributed by atoms with Crippen LogP contribution in [0.2, 0.25) is 0 Å². The Hall–Kier alpha value is -2.50. The maximum atomic E-state index is 11.5. The topological polar surface area (TPSA) is 84.4 Å². The zero-order chi connectivity index (χ0) is 14.7. The molecule has 0 spiro atoms. The molecule has 0 saturated heterocycles. The Bertz CT molecular complexity index is 621. The summed E-state index contributed by atoms with van der Waals surface area (Å²) in [6.45, 7) is 2.43. The van der Waals surface area contributed by atoms with Crippen LogP contribution in [0.15, 0.2) is 28.8 Å². The highest BCUT2D eigenvalue weighted by atomic mass is 16.5. The molecule has 3 N–H and O–H groups in total. The van der Waals surface area contributed by atoms with Gasteiger partial charge in [-0.1, -0.05) is 5.16 Å². The van der Waals surface area contributed by atoms with E-state index >= 15 is 0 Å². The predicted molar refractivity (Wildman–Crippen MR) is 77.6 cm³/mol. The number of carbonyl (C=O) groups excluding carboxylic acids is 1. The summed E-state index contributed by atoms with van der Waals surface area (Å²) in [5.74, 6) is 0.620. The lowest BCUT2D eigenvalue weighted by Crippen LogP contribution is -2.20. The fraction of sp³-hybridized carbons (Fsp3) is 0.286. The Morgan fingerprint density at radius 3 is 2.75 bits per heavy atom. The van der Waals surface area contributed by atoms with Crippen molar-refractivity contribution in [2.24, 2.45) is 0 Å². The number of benzene rings is 1. The number of nitrogens with two attached hydrogens (primary N) is 1. The first kappa shape index (κ1) is 13.9. The summed E-state index contributed by atoms with van der Waals surface area (Å²) < 4.78 is 5.04. The molecule has 1 heterocycles. The predicted octanol–water partition coefficient (Wildman–Crippen LogP) is 1.56. The fourth-order valence-corrected chi connectivity index (χ4v) is 2.01. The van der Waals surface area contributed by atoms with Gasteiger partial charge in [-0.05, 0) is 25.1 Å². The monoisotopic (exact) mass is 274 g/mol. The number of nitrogens with zero attached hydrogens (tertiary/aromatic N) is 2. The molecule has 0 unspecified atom stereocenters. The molecular formula is C14H18N4O2. The van der Waals surface area contributed by atoms with Crippen LogP contribution in [-0.4, -0.2) is 25.2 Å². The average Bonchev–Trinajstić information content (AvgIpc) is 2.82. The molecule has 0 aliphatic heterocycles. The Labute approximate surface area is 117 Å². The first-order valence-electron chi connectivity index (χ1n) is 6.26. The van der Waals surface area contributed by atoms with Crippen molar-refractivity contribution in [1.82, 2.24) is 10.5 Å². The molecular weight excluding hydrogens is 256 g/mol. The van der Waals surface area contributed by atoms with Crippen molar-refractivity contribution in [3.05, 3.63) is 41.3 Å². The van der Waals surface area contributed by atoms with Crippen LogP contribution < -0.4 is 16.0 Å². The first-order valence-corrected chi connectivity index (χ1v) is 6.26. The second kappa shape index (κ2) is 5.64. The molecule has 2 rings (SSSR count). The zero-order valence-electron chi connectivity index (χ0n) is 11.8. The molecule has 6 heteroatoms. The average molecular weight is 274 g/mol. The van der Waals surface area contributed by atoms with Crippen LogP contribution >= 0.6 is 0 Å². The van der Waals surface area contributed by atoms with Crippen molar-refractivity contribution in [2.75, 3.05) is 24.7 Å². The molecule has 0 radical (unpaired) electrons. The molecule has 0 aliphatic rings. The highest BCUT2D eigenvalue weighted by Crippen LogP contribution is 2.24. The Balaban J connectivity index is 2.17. The van der Waals surface area contributed by atoms with E-state index in [1.54, 1.807) is 19.2 Å². The number of carbonyl (C=O) groups is 1. The summed E-state index contributed by atoms with van der Waals surface area (Å²) in [4.78, 5) is 13.5. The van der Waals surface area contributed by atoms with Gasteiger partial charge in [0, 0.05) is 25.7 Å². The van der Waals surface area contributed by atoms with Gasteiger partial charge in [-0.15, -0.1) is 0 Å². The lowest BCUT2D eigenvalue weighted by Gasteiger charge is -2.20. The van der Waals surface area contributed by atoms with Crippen LogP contribution in [0.5, 0.6) is 0 Å².